The van der Waals surface area contributed by atoms with Gasteiger partial charge in [-0.15, -0.1) is 0 Å². The second kappa shape index (κ2) is 8.10. The van der Waals surface area contributed by atoms with Gasteiger partial charge in [-0.1, -0.05) is 39.5 Å². The number of hydrogen-bond donors (Lipinski definition) is 1. The molecule has 0 aromatic carbocycles. The molecule has 3 atom stereocenters. The molecule has 1 fully saturated rings. The Balaban J connectivity index is 2.55. The third kappa shape index (κ3) is 4.59. The number of hydrogen-bond acceptors (Lipinski definition) is 2. The van der Waals surface area contributed by atoms with Gasteiger partial charge in [0.05, 0.1) is 6.10 Å². The maximum absolute atomic E-state index is 6.44. The Bertz CT molecular complexity index is 189. The zero-order valence-electron chi connectivity index (χ0n) is 12.0. The van der Waals surface area contributed by atoms with Gasteiger partial charge in [0.15, 0.2) is 0 Å². The van der Waals surface area contributed by atoms with E-state index in [1.54, 1.807) is 0 Å². The molecule has 1 saturated carbocycles. The summed E-state index contributed by atoms with van der Waals surface area (Å²) in [4.78, 5) is 0. The zero-order chi connectivity index (χ0) is 12.7. The van der Waals surface area contributed by atoms with Gasteiger partial charge in [0.1, 0.15) is 0 Å². The van der Waals surface area contributed by atoms with Crippen LogP contribution in [0.3, 0.4) is 0 Å². The lowest BCUT2D eigenvalue weighted by Gasteiger charge is -2.36. The van der Waals surface area contributed by atoms with Crippen LogP contribution in [0.5, 0.6) is 0 Å². The van der Waals surface area contributed by atoms with Gasteiger partial charge in [0.25, 0.3) is 0 Å². The number of rotatable bonds is 7. The minimum absolute atomic E-state index is 0.220. The summed E-state index contributed by atoms with van der Waals surface area (Å²) >= 11 is 0. The highest BCUT2D eigenvalue weighted by molar-refractivity contribution is 4.85. The van der Waals surface area contributed by atoms with Crippen molar-refractivity contribution < 1.29 is 4.74 Å². The molecule has 2 heteroatoms. The van der Waals surface area contributed by atoms with Gasteiger partial charge in [-0.05, 0) is 38.0 Å². The first-order chi connectivity index (χ1) is 8.20. The van der Waals surface area contributed by atoms with E-state index in [1.165, 1.54) is 44.9 Å². The van der Waals surface area contributed by atoms with Crippen molar-refractivity contribution in [2.45, 2.75) is 77.9 Å². The third-order valence-electron chi connectivity index (χ3n) is 4.25. The van der Waals surface area contributed by atoms with E-state index in [1.807, 2.05) is 0 Å². The van der Waals surface area contributed by atoms with Gasteiger partial charge in [-0.25, -0.2) is 0 Å². The zero-order valence-corrected chi connectivity index (χ0v) is 12.0. The Labute approximate surface area is 107 Å². The predicted molar refractivity (Wildman–Crippen MR) is 74.0 cm³/mol. The Morgan fingerprint density at radius 2 is 1.82 bits per heavy atom. The maximum atomic E-state index is 6.44. The normalized spacial score (nSPS) is 23.3. The van der Waals surface area contributed by atoms with Crippen molar-refractivity contribution in [1.82, 2.24) is 0 Å². The molecule has 3 unspecified atom stereocenters. The quantitative estimate of drug-likeness (QED) is 0.737. The smallest absolute Gasteiger partial charge is 0.0756 e. The highest BCUT2D eigenvalue weighted by Gasteiger charge is 2.31. The molecular weight excluding hydrogens is 210 g/mol. The second-order valence-electron chi connectivity index (χ2n) is 5.66. The summed E-state index contributed by atoms with van der Waals surface area (Å²) in [5.41, 5.74) is 6.44. The molecule has 0 aliphatic heterocycles. The fraction of sp³-hybridized carbons (Fsp3) is 1.00. The summed E-state index contributed by atoms with van der Waals surface area (Å²) in [6, 6.07) is 0.220. The van der Waals surface area contributed by atoms with Crippen LogP contribution in [0.1, 0.15) is 65.7 Å². The molecule has 0 spiro atoms. The Morgan fingerprint density at radius 1 is 1.18 bits per heavy atom. The fourth-order valence-electron chi connectivity index (χ4n) is 3.19. The molecule has 1 aliphatic rings. The van der Waals surface area contributed by atoms with Crippen LogP contribution in [0, 0.1) is 11.8 Å². The molecule has 1 rings (SSSR count). The van der Waals surface area contributed by atoms with Crippen LogP contribution in [-0.4, -0.2) is 18.8 Å². The van der Waals surface area contributed by atoms with Crippen molar-refractivity contribution in [3.8, 4) is 0 Å². The van der Waals surface area contributed by atoms with E-state index in [-0.39, 0.29) is 6.04 Å². The number of nitrogens with two attached hydrogens (primary N) is 1. The maximum Gasteiger partial charge on any atom is 0.0756 e. The summed E-state index contributed by atoms with van der Waals surface area (Å²) in [5.74, 6) is 1.29. The lowest BCUT2D eigenvalue weighted by atomic mass is 9.79. The minimum atomic E-state index is 0.220. The van der Waals surface area contributed by atoms with E-state index >= 15 is 0 Å². The van der Waals surface area contributed by atoms with Crippen molar-refractivity contribution in [2.75, 3.05) is 6.61 Å². The molecule has 0 aromatic heterocycles. The molecule has 0 bridgehead atoms. The highest BCUT2D eigenvalue weighted by Crippen LogP contribution is 2.31. The van der Waals surface area contributed by atoms with Crippen molar-refractivity contribution >= 4 is 0 Å². The van der Waals surface area contributed by atoms with Crippen LogP contribution in [0.4, 0.5) is 0 Å². The predicted octanol–water partition coefficient (Wildman–Crippen LogP) is 3.74. The molecular formula is C15H31NO. The van der Waals surface area contributed by atoms with Crippen LogP contribution < -0.4 is 5.73 Å². The Kier molecular flexibility index (Phi) is 7.14. The van der Waals surface area contributed by atoms with Gasteiger partial charge in [-0.3, -0.25) is 0 Å². The monoisotopic (exact) mass is 241 g/mol. The SMILES string of the molecule is CCCC(C)C(N)C(OCC)C1CCCCC1. The average molecular weight is 241 g/mol. The standard InChI is InChI=1S/C15H31NO/c1-4-9-12(3)14(16)15(17-5-2)13-10-7-6-8-11-13/h12-15H,4-11,16H2,1-3H3. The number of ether oxygens (including phenoxy) is 1. The largest absolute Gasteiger partial charge is 0.377 e. The van der Waals surface area contributed by atoms with Crippen molar-refractivity contribution in [2.24, 2.45) is 17.6 Å². The van der Waals surface area contributed by atoms with Crippen LogP contribution >= 0.6 is 0 Å². The van der Waals surface area contributed by atoms with Gasteiger partial charge in [-0.2, -0.15) is 0 Å². The van der Waals surface area contributed by atoms with E-state index in [0.29, 0.717) is 17.9 Å². The average Bonchev–Trinajstić information content (AvgIpc) is 2.36. The molecule has 2 N–H and O–H groups in total. The fourth-order valence-corrected chi connectivity index (χ4v) is 3.19. The van der Waals surface area contributed by atoms with Crippen LogP contribution in [0.25, 0.3) is 0 Å². The van der Waals surface area contributed by atoms with E-state index in [0.717, 1.165) is 6.61 Å². The summed E-state index contributed by atoms with van der Waals surface area (Å²) in [5, 5.41) is 0. The topological polar surface area (TPSA) is 35.2 Å². The van der Waals surface area contributed by atoms with Gasteiger partial charge >= 0.3 is 0 Å². The second-order valence-corrected chi connectivity index (χ2v) is 5.66. The third-order valence-corrected chi connectivity index (χ3v) is 4.25. The van der Waals surface area contributed by atoms with E-state index < -0.39 is 0 Å². The minimum Gasteiger partial charge on any atom is -0.377 e. The van der Waals surface area contributed by atoms with Crippen molar-refractivity contribution in [3.63, 3.8) is 0 Å². The van der Waals surface area contributed by atoms with Gasteiger partial charge in [0.2, 0.25) is 0 Å². The first-order valence-corrected chi connectivity index (χ1v) is 7.57. The molecule has 1 aliphatic carbocycles. The van der Waals surface area contributed by atoms with E-state index in [9.17, 15) is 0 Å². The molecule has 0 radical (unpaired) electrons. The van der Waals surface area contributed by atoms with Crippen molar-refractivity contribution in [1.29, 1.82) is 0 Å². The van der Waals surface area contributed by atoms with Crippen LogP contribution in [-0.2, 0) is 4.74 Å². The van der Waals surface area contributed by atoms with Gasteiger partial charge in [0, 0.05) is 12.6 Å². The summed E-state index contributed by atoms with van der Waals surface area (Å²) < 4.78 is 5.99. The lowest BCUT2D eigenvalue weighted by Crippen LogP contribution is -2.46. The summed E-state index contributed by atoms with van der Waals surface area (Å²) in [6.07, 6.45) is 9.49. The highest BCUT2D eigenvalue weighted by atomic mass is 16.5. The molecule has 2 nitrogen and oxygen atoms in total. The molecule has 17 heavy (non-hydrogen) atoms. The molecule has 0 heterocycles. The summed E-state index contributed by atoms with van der Waals surface area (Å²) in [7, 11) is 0. The van der Waals surface area contributed by atoms with Crippen LogP contribution in [0.15, 0.2) is 0 Å². The van der Waals surface area contributed by atoms with Crippen LogP contribution in [0.2, 0.25) is 0 Å². The molecule has 0 amide bonds. The summed E-state index contributed by atoms with van der Waals surface area (Å²) in [6.45, 7) is 7.41. The molecule has 0 aromatic rings. The van der Waals surface area contributed by atoms with Crippen molar-refractivity contribution in [3.05, 3.63) is 0 Å². The Morgan fingerprint density at radius 3 is 2.35 bits per heavy atom. The molecule has 102 valence electrons. The first kappa shape index (κ1) is 15.0. The molecule has 0 saturated heterocycles. The lowest BCUT2D eigenvalue weighted by molar-refractivity contribution is -0.0207. The van der Waals surface area contributed by atoms with E-state index in [2.05, 4.69) is 20.8 Å². The first-order valence-electron chi connectivity index (χ1n) is 7.57. The van der Waals surface area contributed by atoms with Gasteiger partial charge < -0.3 is 10.5 Å². The Hall–Kier alpha value is -0.0800. The van der Waals surface area contributed by atoms with E-state index in [4.69, 9.17) is 10.5 Å².